The van der Waals surface area contributed by atoms with E-state index in [2.05, 4.69) is 18.4 Å². The van der Waals surface area contributed by atoms with Gasteiger partial charge >= 0.3 is 0 Å². The maximum absolute atomic E-state index is 9.57. The van der Waals surface area contributed by atoms with Gasteiger partial charge in [0.15, 0.2) is 0 Å². The second-order valence-corrected chi connectivity index (χ2v) is 4.50. The molecule has 2 nitrogen and oxygen atoms in total. The van der Waals surface area contributed by atoms with Crippen LogP contribution in [-0.4, -0.2) is 12.2 Å². The van der Waals surface area contributed by atoms with Crippen molar-refractivity contribution < 1.29 is 9.84 Å². The highest BCUT2D eigenvalue weighted by atomic mass is 32.1. The third-order valence-corrected chi connectivity index (χ3v) is 3.50. The molecule has 1 heterocycles. The predicted molar refractivity (Wildman–Crippen MR) is 67.3 cm³/mol. The zero-order chi connectivity index (χ0) is 11.5. The van der Waals surface area contributed by atoms with E-state index in [-0.39, 0.29) is 5.75 Å². The molecule has 0 atom stereocenters. The molecule has 0 saturated heterocycles. The first-order valence-electron chi connectivity index (χ1n) is 5.18. The molecule has 1 aromatic heterocycles. The van der Waals surface area contributed by atoms with E-state index in [1.54, 1.807) is 30.6 Å². The molecule has 16 heavy (non-hydrogen) atoms. The van der Waals surface area contributed by atoms with Crippen LogP contribution in [0.3, 0.4) is 0 Å². The highest BCUT2D eigenvalue weighted by Gasteiger charge is 2.05. The van der Waals surface area contributed by atoms with E-state index in [9.17, 15) is 5.11 Å². The van der Waals surface area contributed by atoms with E-state index in [1.807, 2.05) is 6.07 Å². The van der Waals surface area contributed by atoms with Crippen LogP contribution in [0.25, 0.3) is 10.4 Å². The van der Waals surface area contributed by atoms with E-state index in [4.69, 9.17) is 4.74 Å². The largest absolute Gasteiger partial charge is 0.508 e. The van der Waals surface area contributed by atoms with Gasteiger partial charge in [0.05, 0.1) is 7.11 Å². The molecule has 0 aliphatic rings. The van der Waals surface area contributed by atoms with Crippen molar-refractivity contribution in [1.82, 2.24) is 0 Å². The molecule has 84 valence electrons. The van der Waals surface area contributed by atoms with E-state index in [0.717, 1.165) is 16.9 Å². The zero-order valence-electron chi connectivity index (χ0n) is 9.36. The smallest absolute Gasteiger partial charge is 0.123 e. The Morgan fingerprint density at radius 3 is 2.69 bits per heavy atom. The number of ether oxygens (including phenoxy) is 1. The number of aryl methyl sites for hydroxylation is 1. The topological polar surface area (TPSA) is 29.5 Å². The van der Waals surface area contributed by atoms with Gasteiger partial charge in [-0.3, -0.25) is 0 Å². The Hall–Kier alpha value is -1.48. The summed E-state index contributed by atoms with van der Waals surface area (Å²) in [6, 6.07) is 7.45. The summed E-state index contributed by atoms with van der Waals surface area (Å²) < 4.78 is 5.13. The summed E-state index contributed by atoms with van der Waals surface area (Å²) in [7, 11) is 1.60. The van der Waals surface area contributed by atoms with Crippen LogP contribution < -0.4 is 4.74 Å². The summed E-state index contributed by atoms with van der Waals surface area (Å²) in [5.74, 6) is 0.919. The van der Waals surface area contributed by atoms with Gasteiger partial charge in [0, 0.05) is 10.9 Å². The summed E-state index contributed by atoms with van der Waals surface area (Å²) >= 11 is 1.69. The number of methoxy groups -OCH3 is 1. The summed E-state index contributed by atoms with van der Waals surface area (Å²) in [5.41, 5.74) is 2.32. The van der Waals surface area contributed by atoms with Gasteiger partial charge in [-0.05, 0) is 41.1 Å². The van der Waals surface area contributed by atoms with Crippen LogP contribution in [0.4, 0.5) is 0 Å². The number of aromatic hydroxyl groups is 1. The molecule has 0 aliphatic carbocycles. The molecule has 0 amide bonds. The van der Waals surface area contributed by atoms with Crippen LogP contribution in [0.2, 0.25) is 0 Å². The minimum absolute atomic E-state index is 0.237. The maximum atomic E-state index is 9.57. The summed E-state index contributed by atoms with van der Waals surface area (Å²) in [4.78, 5) is 1.16. The quantitative estimate of drug-likeness (QED) is 0.877. The fourth-order valence-electron chi connectivity index (χ4n) is 1.56. The molecule has 1 aromatic carbocycles. The van der Waals surface area contributed by atoms with Gasteiger partial charge in [-0.15, -0.1) is 11.3 Å². The third-order valence-electron chi connectivity index (χ3n) is 2.47. The lowest BCUT2D eigenvalue weighted by atomic mass is 10.1. The Morgan fingerprint density at radius 2 is 2.06 bits per heavy atom. The van der Waals surface area contributed by atoms with Crippen molar-refractivity contribution in [2.24, 2.45) is 0 Å². The molecule has 0 unspecified atom stereocenters. The molecule has 3 heteroatoms. The SMILES string of the molecule is CCc1csc(-c2cc(O)cc(OC)c2)c1. The van der Waals surface area contributed by atoms with E-state index in [1.165, 1.54) is 5.56 Å². The molecular weight excluding hydrogens is 220 g/mol. The lowest BCUT2D eigenvalue weighted by Crippen LogP contribution is -1.83. The van der Waals surface area contributed by atoms with Crippen LogP contribution in [0.5, 0.6) is 11.5 Å². The van der Waals surface area contributed by atoms with Crippen molar-refractivity contribution in [2.45, 2.75) is 13.3 Å². The highest BCUT2D eigenvalue weighted by molar-refractivity contribution is 7.13. The van der Waals surface area contributed by atoms with E-state index < -0.39 is 0 Å². The number of benzene rings is 1. The zero-order valence-corrected chi connectivity index (χ0v) is 10.2. The molecular formula is C13H14O2S. The number of hydrogen-bond acceptors (Lipinski definition) is 3. The number of phenols is 1. The Bertz CT molecular complexity index is 488. The number of rotatable bonds is 3. The van der Waals surface area contributed by atoms with Gasteiger partial charge < -0.3 is 9.84 Å². The van der Waals surface area contributed by atoms with Crippen molar-refractivity contribution in [3.05, 3.63) is 35.2 Å². The monoisotopic (exact) mass is 234 g/mol. The fourth-order valence-corrected chi connectivity index (χ4v) is 2.54. The lowest BCUT2D eigenvalue weighted by molar-refractivity contribution is 0.408. The highest BCUT2D eigenvalue weighted by Crippen LogP contribution is 2.33. The second kappa shape index (κ2) is 4.58. The minimum Gasteiger partial charge on any atom is -0.508 e. The average molecular weight is 234 g/mol. The number of phenolic OH excluding ortho intramolecular Hbond substituents is 1. The maximum Gasteiger partial charge on any atom is 0.123 e. The Labute approximate surface area is 99.1 Å². The molecule has 1 N–H and O–H groups in total. The first-order valence-corrected chi connectivity index (χ1v) is 6.06. The Balaban J connectivity index is 2.42. The average Bonchev–Trinajstić information content (AvgIpc) is 2.76. The van der Waals surface area contributed by atoms with Gasteiger partial charge in [-0.25, -0.2) is 0 Å². The van der Waals surface area contributed by atoms with Crippen molar-refractivity contribution in [3.8, 4) is 21.9 Å². The van der Waals surface area contributed by atoms with Gasteiger partial charge in [0.1, 0.15) is 11.5 Å². The Kier molecular flexibility index (Phi) is 3.15. The van der Waals surface area contributed by atoms with Crippen molar-refractivity contribution in [2.75, 3.05) is 7.11 Å². The van der Waals surface area contributed by atoms with E-state index in [0.29, 0.717) is 5.75 Å². The molecule has 2 aromatic rings. The van der Waals surface area contributed by atoms with Crippen molar-refractivity contribution >= 4 is 11.3 Å². The molecule has 0 aliphatic heterocycles. The molecule has 0 bridgehead atoms. The number of thiophene rings is 1. The summed E-state index contributed by atoms with van der Waals surface area (Å²) in [5, 5.41) is 11.7. The third kappa shape index (κ3) is 2.19. The van der Waals surface area contributed by atoms with E-state index >= 15 is 0 Å². The predicted octanol–water partition coefficient (Wildman–Crippen LogP) is 3.69. The first kappa shape index (κ1) is 11.0. The van der Waals surface area contributed by atoms with Crippen LogP contribution in [0, 0.1) is 0 Å². The Morgan fingerprint density at radius 1 is 1.25 bits per heavy atom. The van der Waals surface area contributed by atoms with Crippen LogP contribution in [0.15, 0.2) is 29.6 Å². The molecule has 0 saturated carbocycles. The van der Waals surface area contributed by atoms with Crippen LogP contribution in [0.1, 0.15) is 12.5 Å². The molecule has 0 spiro atoms. The molecule has 0 radical (unpaired) electrons. The first-order chi connectivity index (χ1) is 7.72. The number of hydrogen-bond donors (Lipinski definition) is 1. The van der Waals surface area contributed by atoms with Crippen molar-refractivity contribution in [1.29, 1.82) is 0 Å². The van der Waals surface area contributed by atoms with Gasteiger partial charge in [-0.2, -0.15) is 0 Å². The fraction of sp³-hybridized carbons (Fsp3) is 0.231. The summed E-state index contributed by atoms with van der Waals surface area (Å²) in [6.07, 6.45) is 1.03. The molecule has 0 fully saturated rings. The minimum atomic E-state index is 0.237. The standard InChI is InChI=1S/C13H14O2S/c1-3-9-4-13(16-8-9)10-5-11(14)7-12(6-10)15-2/h4-8,14H,3H2,1-2H3. The van der Waals surface area contributed by atoms with Crippen LogP contribution >= 0.6 is 11.3 Å². The normalized spacial score (nSPS) is 10.4. The second-order valence-electron chi connectivity index (χ2n) is 3.59. The van der Waals surface area contributed by atoms with Gasteiger partial charge in [0.2, 0.25) is 0 Å². The summed E-state index contributed by atoms with van der Waals surface area (Å²) in [6.45, 7) is 2.13. The molecule has 2 rings (SSSR count). The lowest BCUT2D eigenvalue weighted by Gasteiger charge is -2.04. The van der Waals surface area contributed by atoms with Crippen LogP contribution in [-0.2, 0) is 6.42 Å². The van der Waals surface area contributed by atoms with Crippen molar-refractivity contribution in [3.63, 3.8) is 0 Å². The van der Waals surface area contributed by atoms with Gasteiger partial charge in [-0.1, -0.05) is 6.92 Å². The van der Waals surface area contributed by atoms with Gasteiger partial charge in [0.25, 0.3) is 0 Å².